The first kappa shape index (κ1) is 14.1. The molecule has 1 aromatic heterocycles. The summed E-state index contributed by atoms with van der Waals surface area (Å²) < 4.78 is 0. The van der Waals surface area contributed by atoms with Gasteiger partial charge < -0.3 is 10.7 Å². The molecule has 1 heterocycles. The number of aromatic nitrogens is 2. The van der Waals surface area contributed by atoms with E-state index in [1.807, 2.05) is 24.3 Å². The van der Waals surface area contributed by atoms with Crippen molar-refractivity contribution in [3.05, 3.63) is 58.1 Å². The van der Waals surface area contributed by atoms with Crippen molar-refractivity contribution in [2.45, 2.75) is 10.1 Å². The molecular weight excluding hydrogens is 304 g/mol. The molecule has 0 unspecified atom stereocenters. The van der Waals surface area contributed by atoms with Crippen molar-refractivity contribution >= 4 is 34.4 Å². The minimum atomic E-state index is -0.713. The maximum absolute atomic E-state index is 11.3. The number of non-ortho nitro benzene ring substituents is 1. The van der Waals surface area contributed by atoms with Gasteiger partial charge in [-0.1, -0.05) is 23.9 Å². The largest absolute Gasteiger partial charge is 0.366 e. The Kier molecular flexibility index (Phi) is 3.51. The topological polar surface area (TPSA) is 115 Å². The number of fused-ring (bicyclic) bond motifs is 1. The number of carbonyl (C=O) groups excluding carboxylic acids is 1. The Balaban J connectivity index is 2.00. The van der Waals surface area contributed by atoms with Crippen LogP contribution in [0.5, 0.6) is 0 Å². The molecule has 22 heavy (non-hydrogen) atoms. The van der Waals surface area contributed by atoms with Gasteiger partial charge in [0.05, 0.1) is 16.0 Å². The Bertz CT molecular complexity index is 825. The number of nitrogens with zero attached hydrogens (tertiary/aromatic N) is 2. The van der Waals surface area contributed by atoms with Crippen molar-refractivity contribution in [1.29, 1.82) is 0 Å². The van der Waals surface area contributed by atoms with Crippen molar-refractivity contribution in [2.24, 2.45) is 5.73 Å². The minimum absolute atomic E-state index is 0.0906. The molecule has 0 saturated heterocycles. The lowest BCUT2D eigenvalue weighted by molar-refractivity contribution is -0.385. The van der Waals surface area contributed by atoms with E-state index in [1.54, 1.807) is 0 Å². The van der Waals surface area contributed by atoms with Crippen molar-refractivity contribution in [2.75, 3.05) is 0 Å². The summed E-state index contributed by atoms with van der Waals surface area (Å²) >= 11 is 1.20. The van der Waals surface area contributed by atoms with Crippen molar-refractivity contribution in [3.63, 3.8) is 0 Å². The van der Waals surface area contributed by atoms with Crippen LogP contribution in [0.15, 0.2) is 52.5 Å². The number of nitrogens with two attached hydrogens (primary N) is 1. The molecular formula is C14H10N4O3S. The second-order valence-electron chi connectivity index (χ2n) is 4.50. The standard InChI is InChI=1S/C14H10N4O3S/c15-13(19)8-5-9(18(20)21)7-10(6-8)22-14-16-11-3-1-2-4-12(11)17-14/h1-7H,(H2,15,19)(H,16,17). The lowest BCUT2D eigenvalue weighted by atomic mass is 10.2. The van der Waals surface area contributed by atoms with Gasteiger partial charge in [-0.15, -0.1) is 0 Å². The zero-order valence-corrected chi connectivity index (χ0v) is 12.0. The first-order valence-corrected chi connectivity index (χ1v) is 7.06. The Hall–Kier alpha value is -2.87. The number of H-pyrrole nitrogens is 1. The fraction of sp³-hybridized carbons (Fsp3) is 0. The highest BCUT2D eigenvalue weighted by Gasteiger charge is 2.14. The molecule has 3 N–H and O–H groups in total. The number of primary amides is 1. The van der Waals surface area contributed by atoms with Gasteiger partial charge in [-0.2, -0.15) is 0 Å². The zero-order chi connectivity index (χ0) is 15.7. The lowest BCUT2D eigenvalue weighted by Crippen LogP contribution is -2.11. The van der Waals surface area contributed by atoms with E-state index in [2.05, 4.69) is 9.97 Å². The monoisotopic (exact) mass is 314 g/mol. The molecule has 8 heteroatoms. The van der Waals surface area contributed by atoms with E-state index in [0.29, 0.717) is 10.1 Å². The maximum atomic E-state index is 11.3. The number of nitrogens with one attached hydrogen (secondary N) is 1. The predicted molar refractivity (Wildman–Crippen MR) is 81.8 cm³/mol. The summed E-state index contributed by atoms with van der Waals surface area (Å²) in [5.74, 6) is -0.713. The van der Waals surface area contributed by atoms with Gasteiger partial charge >= 0.3 is 0 Å². The van der Waals surface area contributed by atoms with E-state index >= 15 is 0 Å². The molecule has 0 atom stereocenters. The van der Waals surface area contributed by atoms with E-state index in [9.17, 15) is 14.9 Å². The number of benzene rings is 2. The summed E-state index contributed by atoms with van der Waals surface area (Å²) in [7, 11) is 0. The molecule has 0 aliphatic heterocycles. The fourth-order valence-corrected chi connectivity index (χ4v) is 2.87. The van der Waals surface area contributed by atoms with Gasteiger partial charge in [0.1, 0.15) is 0 Å². The number of carbonyl (C=O) groups is 1. The molecule has 0 fully saturated rings. The molecule has 0 saturated carbocycles. The number of rotatable bonds is 4. The number of nitro groups is 1. The van der Waals surface area contributed by atoms with Crippen LogP contribution in [0.25, 0.3) is 11.0 Å². The third kappa shape index (κ3) is 2.77. The molecule has 7 nitrogen and oxygen atoms in total. The average Bonchev–Trinajstić information content (AvgIpc) is 2.88. The van der Waals surface area contributed by atoms with Gasteiger partial charge in [-0.3, -0.25) is 14.9 Å². The Morgan fingerprint density at radius 1 is 1.27 bits per heavy atom. The summed E-state index contributed by atoms with van der Waals surface area (Å²) in [6, 6.07) is 11.5. The lowest BCUT2D eigenvalue weighted by Gasteiger charge is -2.01. The van der Waals surface area contributed by atoms with Crippen LogP contribution >= 0.6 is 11.8 Å². The van der Waals surface area contributed by atoms with Gasteiger partial charge in [-0.05, 0) is 18.2 Å². The quantitative estimate of drug-likeness (QED) is 0.567. The van der Waals surface area contributed by atoms with Crippen LogP contribution < -0.4 is 5.73 Å². The van der Waals surface area contributed by atoms with Crippen LogP contribution in [-0.4, -0.2) is 20.8 Å². The summed E-state index contributed by atoms with van der Waals surface area (Å²) in [5.41, 5.74) is 6.78. The smallest absolute Gasteiger partial charge is 0.271 e. The number of nitro benzene ring substituents is 1. The molecule has 0 aliphatic rings. The molecule has 0 radical (unpaired) electrons. The third-order valence-corrected chi connectivity index (χ3v) is 3.83. The molecule has 1 amide bonds. The van der Waals surface area contributed by atoms with Gasteiger partial charge in [0.2, 0.25) is 5.91 Å². The van der Waals surface area contributed by atoms with Crippen LogP contribution in [0.4, 0.5) is 5.69 Å². The maximum Gasteiger partial charge on any atom is 0.271 e. The predicted octanol–water partition coefficient (Wildman–Crippen LogP) is 2.72. The first-order valence-electron chi connectivity index (χ1n) is 6.25. The molecule has 2 aromatic carbocycles. The van der Waals surface area contributed by atoms with Gasteiger partial charge in [0.25, 0.3) is 5.69 Å². The van der Waals surface area contributed by atoms with E-state index in [1.165, 1.54) is 23.9 Å². The molecule has 3 aromatic rings. The highest BCUT2D eigenvalue weighted by atomic mass is 32.2. The van der Waals surface area contributed by atoms with E-state index < -0.39 is 10.8 Å². The normalized spacial score (nSPS) is 10.7. The first-order chi connectivity index (χ1) is 10.5. The number of hydrogen-bond acceptors (Lipinski definition) is 5. The Morgan fingerprint density at radius 3 is 2.73 bits per heavy atom. The molecule has 3 rings (SSSR count). The van der Waals surface area contributed by atoms with Crippen molar-refractivity contribution in [1.82, 2.24) is 9.97 Å². The molecule has 110 valence electrons. The van der Waals surface area contributed by atoms with E-state index in [0.717, 1.165) is 17.1 Å². The van der Waals surface area contributed by atoms with Crippen molar-refractivity contribution in [3.8, 4) is 0 Å². The van der Waals surface area contributed by atoms with Crippen LogP contribution in [0, 0.1) is 10.1 Å². The van der Waals surface area contributed by atoms with Crippen molar-refractivity contribution < 1.29 is 9.72 Å². The van der Waals surface area contributed by atoms with Crippen LogP contribution in [0.2, 0.25) is 0 Å². The number of para-hydroxylation sites is 2. The number of imidazole rings is 1. The number of amides is 1. The third-order valence-electron chi connectivity index (χ3n) is 2.97. The SMILES string of the molecule is NC(=O)c1cc(Sc2nc3ccccc3[nH]2)cc([N+](=O)[O-])c1. The second-order valence-corrected chi connectivity index (χ2v) is 5.56. The second kappa shape index (κ2) is 5.49. The Labute approximate surface area is 128 Å². The molecule has 0 aliphatic carbocycles. The molecule has 0 spiro atoms. The summed E-state index contributed by atoms with van der Waals surface area (Å²) in [6.07, 6.45) is 0. The Morgan fingerprint density at radius 2 is 2.05 bits per heavy atom. The number of hydrogen-bond donors (Lipinski definition) is 2. The fourth-order valence-electron chi connectivity index (χ4n) is 1.98. The van der Waals surface area contributed by atoms with Crippen LogP contribution in [-0.2, 0) is 0 Å². The van der Waals surface area contributed by atoms with Gasteiger partial charge in [0, 0.05) is 22.6 Å². The highest BCUT2D eigenvalue weighted by Crippen LogP contribution is 2.30. The van der Waals surface area contributed by atoms with E-state index in [-0.39, 0.29) is 11.3 Å². The van der Waals surface area contributed by atoms with Gasteiger partial charge in [-0.25, -0.2) is 4.98 Å². The zero-order valence-electron chi connectivity index (χ0n) is 11.1. The average molecular weight is 314 g/mol. The summed E-state index contributed by atoms with van der Waals surface area (Å²) in [5, 5.41) is 11.5. The minimum Gasteiger partial charge on any atom is -0.366 e. The highest BCUT2D eigenvalue weighted by molar-refractivity contribution is 7.99. The van der Waals surface area contributed by atoms with Crippen LogP contribution in [0.3, 0.4) is 0 Å². The van der Waals surface area contributed by atoms with E-state index in [4.69, 9.17) is 5.73 Å². The summed E-state index contributed by atoms with van der Waals surface area (Å²) in [4.78, 5) is 29.7. The van der Waals surface area contributed by atoms with Gasteiger partial charge in [0.15, 0.2) is 5.16 Å². The summed E-state index contributed by atoms with van der Waals surface area (Å²) in [6.45, 7) is 0. The number of aromatic amines is 1. The molecule has 0 bridgehead atoms. The van der Waals surface area contributed by atoms with Crippen LogP contribution in [0.1, 0.15) is 10.4 Å².